The van der Waals surface area contributed by atoms with Gasteiger partial charge in [-0.15, -0.1) is 0 Å². The largest absolute Gasteiger partial charge is 0.493 e. The van der Waals surface area contributed by atoms with E-state index in [0.29, 0.717) is 22.4 Å². The van der Waals surface area contributed by atoms with Crippen LogP contribution in [0, 0.1) is 17.3 Å². The molecule has 0 aliphatic heterocycles. The first-order valence-corrected chi connectivity index (χ1v) is 8.20. The summed E-state index contributed by atoms with van der Waals surface area (Å²) in [6.07, 6.45) is 4.13. The molecule has 3 unspecified atom stereocenters. The Morgan fingerprint density at radius 3 is 2.80 bits per heavy atom. The Morgan fingerprint density at radius 2 is 2.20 bits per heavy atom. The Balaban J connectivity index is 1.78. The normalized spacial score (nSPS) is 34.4. The third-order valence-electron chi connectivity index (χ3n) is 5.69. The first kappa shape index (κ1) is 14.3. The van der Waals surface area contributed by atoms with Gasteiger partial charge in [0, 0.05) is 16.4 Å². The van der Waals surface area contributed by atoms with E-state index in [1.807, 2.05) is 0 Å². The van der Waals surface area contributed by atoms with E-state index in [1.54, 1.807) is 10.8 Å². The second-order valence-electron chi connectivity index (χ2n) is 7.03. The molecule has 3 aliphatic rings. The van der Waals surface area contributed by atoms with E-state index in [0.717, 1.165) is 25.0 Å². The molecular formula is C15H21BO3S. The van der Waals surface area contributed by atoms with E-state index in [4.69, 9.17) is 4.65 Å². The molecule has 2 bridgehead atoms. The van der Waals surface area contributed by atoms with Crippen LogP contribution in [0.1, 0.15) is 50.4 Å². The Labute approximate surface area is 124 Å². The van der Waals surface area contributed by atoms with Crippen LogP contribution in [-0.4, -0.2) is 24.0 Å². The average Bonchev–Trinajstić information content (AvgIpc) is 2.86. The molecule has 20 heavy (non-hydrogen) atoms. The molecule has 1 heterocycles. The maximum absolute atomic E-state index is 11.0. The summed E-state index contributed by atoms with van der Waals surface area (Å²) < 4.78 is 6.05. The number of carbonyl (C=O) groups is 1. The van der Waals surface area contributed by atoms with Gasteiger partial charge in [0.2, 0.25) is 0 Å². The molecule has 0 aromatic carbocycles. The van der Waals surface area contributed by atoms with Crippen LogP contribution in [-0.2, 0) is 4.65 Å². The number of hydrogen-bond donors (Lipinski definition) is 1. The van der Waals surface area contributed by atoms with E-state index in [1.165, 1.54) is 17.8 Å². The van der Waals surface area contributed by atoms with E-state index >= 15 is 0 Å². The van der Waals surface area contributed by atoms with Crippen molar-refractivity contribution in [2.75, 3.05) is 0 Å². The van der Waals surface area contributed by atoms with Crippen LogP contribution in [0.3, 0.4) is 0 Å². The molecule has 1 aromatic heterocycles. The molecule has 0 saturated heterocycles. The molecule has 0 amide bonds. The molecule has 4 rings (SSSR count). The second kappa shape index (κ2) is 4.68. The average molecular weight is 292 g/mol. The molecule has 5 heteroatoms. The minimum atomic E-state index is -1.00. The molecule has 108 valence electrons. The van der Waals surface area contributed by atoms with Crippen LogP contribution < -0.4 is 5.46 Å². The van der Waals surface area contributed by atoms with Crippen LogP contribution in [0.5, 0.6) is 0 Å². The van der Waals surface area contributed by atoms with Gasteiger partial charge in [-0.05, 0) is 48.8 Å². The summed E-state index contributed by atoms with van der Waals surface area (Å²) in [5.41, 5.74) is 1.15. The topological polar surface area (TPSA) is 46.5 Å². The predicted octanol–water partition coefficient (Wildman–Crippen LogP) is 2.48. The van der Waals surface area contributed by atoms with Gasteiger partial charge in [0.25, 0.3) is 0 Å². The lowest BCUT2D eigenvalue weighted by Crippen LogP contribution is -2.63. The van der Waals surface area contributed by atoms with Crippen LogP contribution in [0.25, 0.3) is 0 Å². The zero-order chi connectivity index (χ0) is 14.5. The zero-order valence-electron chi connectivity index (χ0n) is 12.3. The molecule has 1 N–H and O–H groups in total. The fourth-order valence-corrected chi connectivity index (χ4v) is 5.06. The van der Waals surface area contributed by atoms with Crippen molar-refractivity contribution in [1.29, 1.82) is 0 Å². The van der Waals surface area contributed by atoms with Gasteiger partial charge in [0.1, 0.15) is 0 Å². The van der Waals surface area contributed by atoms with E-state index < -0.39 is 7.12 Å². The smallest absolute Gasteiger partial charge is 0.423 e. The summed E-state index contributed by atoms with van der Waals surface area (Å²) >= 11 is 1.42. The minimum absolute atomic E-state index is 0.292. The fourth-order valence-electron chi connectivity index (χ4n) is 4.25. The van der Waals surface area contributed by atoms with Gasteiger partial charge in [0.05, 0.1) is 5.60 Å². The molecule has 0 spiro atoms. The molecule has 0 radical (unpaired) electrons. The van der Waals surface area contributed by atoms with Gasteiger partial charge in [-0.2, -0.15) is 11.3 Å². The Morgan fingerprint density at radius 1 is 1.45 bits per heavy atom. The predicted molar refractivity (Wildman–Crippen MR) is 81.4 cm³/mol. The van der Waals surface area contributed by atoms with Gasteiger partial charge in [-0.25, -0.2) is 0 Å². The lowest BCUT2D eigenvalue weighted by atomic mass is 9.44. The number of carbonyl (C=O) groups excluding carboxylic acids is 1. The van der Waals surface area contributed by atoms with Crippen molar-refractivity contribution in [3.63, 3.8) is 0 Å². The van der Waals surface area contributed by atoms with Gasteiger partial charge < -0.3 is 9.68 Å². The lowest BCUT2D eigenvalue weighted by Gasteiger charge is -2.64. The summed E-state index contributed by atoms with van der Waals surface area (Å²) in [5.74, 6) is 1.29. The Hall–Kier alpha value is -0.645. The maximum Gasteiger partial charge on any atom is 0.493 e. The first-order valence-electron chi connectivity index (χ1n) is 7.25. The maximum atomic E-state index is 11.0. The first-order chi connectivity index (χ1) is 9.38. The summed E-state index contributed by atoms with van der Waals surface area (Å²) in [4.78, 5) is 11.0. The fraction of sp³-hybridized carbons (Fsp3) is 0.667. The molecule has 3 atom stereocenters. The highest BCUT2D eigenvalue weighted by Crippen LogP contribution is 2.63. The van der Waals surface area contributed by atoms with Crippen LogP contribution in [0.2, 0.25) is 0 Å². The quantitative estimate of drug-likeness (QED) is 0.685. The van der Waals surface area contributed by atoms with Crippen molar-refractivity contribution in [2.45, 2.75) is 45.6 Å². The molecule has 1 aromatic rings. The number of aldehydes is 1. The summed E-state index contributed by atoms with van der Waals surface area (Å²) in [6, 6.07) is 0. The second-order valence-corrected chi connectivity index (χ2v) is 7.77. The van der Waals surface area contributed by atoms with Gasteiger partial charge in [-0.1, -0.05) is 13.8 Å². The Kier molecular flexibility index (Phi) is 3.35. The molecule has 3 aliphatic carbocycles. The van der Waals surface area contributed by atoms with Crippen molar-refractivity contribution in [3.05, 3.63) is 16.3 Å². The van der Waals surface area contributed by atoms with Crippen LogP contribution in [0.4, 0.5) is 0 Å². The molecular weight excluding hydrogens is 271 g/mol. The Bertz CT molecular complexity index is 525. The SMILES string of the molecule is CC1(OB(O)c2cscc2C=O)CCC2CC1C2(C)C. The highest BCUT2D eigenvalue weighted by Gasteiger charge is 2.60. The van der Waals surface area contributed by atoms with Gasteiger partial charge in [0.15, 0.2) is 6.29 Å². The molecule has 3 saturated carbocycles. The van der Waals surface area contributed by atoms with Crippen molar-refractivity contribution in [1.82, 2.24) is 0 Å². The van der Waals surface area contributed by atoms with E-state index in [9.17, 15) is 9.82 Å². The minimum Gasteiger partial charge on any atom is -0.423 e. The van der Waals surface area contributed by atoms with Crippen molar-refractivity contribution < 1.29 is 14.5 Å². The van der Waals surface area contributed by atoms with Crippen LogP contribution in [0.15, 0.2) is 10.8 Å². The monoisotopic (exact) mass is 292 g/mol. The number of rotatable bonds is 4. The zero-order valence-corrected chi connectivity index (χ0v) is 13.1. The number of hydrogen-bond acceptors (Lipinski definition) is 4. The van der Waals surface area contributed by atoms with Gasteiger partial charge in [-0.3, -0.25) is 4.79 Å². The number of fused-ring (bicyclic) bond motifs is 2. The van der Waals surface area contributed by atoms with Crippen molar-refractivity contribution in [3.8, 4) is 0 Å². The third-order valence-corrected chi connectivity index (χ3v) is 6.47. The lowest BCUT2D eigenvalue weighted by molar-refractivity contribution is -0.185. The molecule has 3 nitrogen and oxygen atoms in total. The summed E-state index contributed by atoms with van der Waals surface area (Å²) in [6.45, 7) is 6.73. The number of thiophene rings is 1. The van der Waals surface area contributed by atoms with E-state index in [2.05, 4.69) is 20.8 Å². The van der Waals surface area contributed by atoms with Crippen LogP contribution >= 0.6 is 11.3 Å². The highest BCUT2D eigenvalue weighted by atomic mass is 32.1. The standard InChI is InChI=1S/C15H21BO3S/c1-14(2)11-4-5-15(3,13(14)6-11)19-16(18)12-9-20-8-10(12)7-17/h7-9,11,13,18H,4-6H2,1-3H3. The van der Waals surface area contributed by atoms with Crippen molar-refractivity contribution >= 4 is 30.2 Å². The summed E-state index contributed by atoms with van der Waals surface area (Å²) in [7, 11) is -1.00. The van der Waals surface area contributed by atoms with Crippen molar-refractivity contribution in [2.24, 2.45) is 17.3 Å². The highest BCUT2D eigenvalue weighted by molar-refractivity contribution is 7.09. The summed E-state index contributed by atoms with van der Waals surface area (Å²) in [5, 5.41) is 13.9. The third kappa shape index (κ3) is 1.99. The van der Waals surface area contributed by atoms with Gasteiger partial charge >= 0.3 is 7.12 Å². The molecule has 3 fully saturated rings. The van der Waals surface area contributed by atoms with E-state index in [-0.39, 0.29) is 5.60 Å².